The van der Waals surface area contributed by atoms with Crippen LogP contribution in [0.4, 0.5) is 5.69 Å². The lowest BCUT2D eigenvalue weighted by Crippen LogP contribution is -2.32. The summed E-state index contributed by atoms with van der Waals surface area (Å²) in [6.45, 7) is 3.51. The zero-order valence-corrected chi connectivity index (χ0v) is 16.7. The van der Waals surface area contributed by atoms with Crippen molar-refractivity contribution in [3.05, 3.63) is 62.5 Å². The predicted molar refractivity (Wildman–Crippen MR) is 101 cm³/mol. The number of benzene rings is 1. The van der Waals surface area contributed by atoms with Crippen LogP contribution in [0.15, 0.2) is 46.8 Å². The number of allylic oxidation sites excluding steroid dienone is 2. The van der Waals surface area contributed by atoms with Gasteiger partial charge in [-0.3, -0.25) is 10.1 Å². The van der Waals surface area contributed by atoms with Crippen molar-refractivity contribution < 1.29 is 24.0 Å². The number of hydrogen-bond acceptors (Lipinski definition) is 7. The van der Waals surface area contributed by atoms with Crippen molar-refractivity contribution in [3.8, 4) is 0 Å². The number of methoxy groups -OCH3 is 1. The molecule has 0 bridgehead atoms. The molecule has 144 valence electrons. The number of ether oxygens (including phenoxy) is 2. The van der Waals surface area contributed by atoms with E-state index in [4.69, 9.17) is 9.47 Å². The molecule has 0 fully saturated rings. The number of rotatable bonds is 6. The van der Waals surface area contributed by atoms with Gasteiger partial charge in [0, 0.05) is 28.9 Å². The van der Waals surface area contributed by atoms with E-state index in [2.05, 4.69) is 21.2 Å². The smallest absolute Gasteiger partial charge is 0.336 e. The molecule has 1 aliphatic rings. The summed E-state index contributed by atoms with van der Waals surface area (Å²) >= 11 is 3.19. The lowest BCUT2D eigenvalue weighted by Gasteiger charge is -2.30. The minimum atomic E-state index is -0.846. The molecule has 1 N–H and O–H groups in total. The van der Waals surface area contributed by atoms with E-state index in [0.717, 1.165) is 0 Å². The van der Waals surface area contributed by atoms with Gasteiger partial charge in [0.1, 0.15) is 6.61 Å². The van der Waals surface area contributed by atoms with Crippen LogP contribution in [-0.4, -0.2) is 35.9 Å². The van der Waals surface area contributed by atoms with Gasteiger partial charge in [-0.05, 0) is 19.4 Å². The maximum atomic E-state index is 12.7. The van der Waals surface area contributed by atoms with E-state index >= 15 is 0 Å². The number of non-ortho nitro benzene ring substituents is 1. The van der Waals surface area contributed by atoms with E-state index in [0.29, 0.717) is 22.3 Å². The normalized spacial score (nSPS) is 16.7. The summed E-state index contributed by atoms with van der Waals surface area (Å²) in [6.07, 6.45) is 0. The van der Waals surface area contributed by atoms with Crippen molar-refractivity contribution in [2.24, 2.45) is 0 Å². The zero-order chi connectivity index (χ0) is 20.1. The lowest BCUT2D eigenvalue weighted by molar-refractivity contribution is -0.384. The van der Waals surface area contributed by atoms with E-state index in [-0.39, 0.29) is 23.4 Å². The van der Waals surface area contributed by atoms with E-state index in [1.807, 2.05) is 0 Å². The molecule has 1 aromatic rings. The van der Waals surface area contributed by atoms with Gasteiger partial charge in [0.25, 0.3) is 5.69 Å². The average molecular weight is 439 g/mol. The SMILES string of the molecule is COC(=O)C1=C(C)NC(C)=C(C(=O)OCCBr)C1c1cccc([N+](=O)[O-])c1. The first kappa shape index (κ1) is 20.6. The number of dihydropyridines is 1. The van der Waals surface area contributed by atoms with Crippen molar-refractivity contribution in [2.75, 3.05) is 19.0 Å². The third-order valence-electron chi connectivity index (χ3n) is 4.11. The fourth-order valence-electron chi connectivity index (χ4n) is 3.01. The highest BCUT2D eigenvalue weighted by molar-refractivity contribution is 9.09. The van der Waals surface area contributed by atoms with Gasteiger partial charge in [-0.15, -0.1) is 0 Å². The van der Waals surface area contributed by atoms with E-state index in [9.17, 15) is 19.7 Å². The molecular formula is C18H19BrN2O6. The molecule has 0 aromatic heterocycles. The van der Waals surface area contributed by atoms with Crippen LogP contribution in [0.1, 0.15) is 25.3 Å². The van der Waals surface area contributed by atoms with Gasteiger partial charge in [-0.2, -0.15) is 0 Å². The van der Waals surface area contributed by atoms with Crippen LogP contribution >= 0.6 is 15.9 Å². The highest BCUT2D eigenvalue weighted by atomic mass is 79.9. The summed E-state index contributed by atoms with van der Waals surface area (Å²) < 4.78 is 10.1. The monoisotopic (exact) mass is 438 g/mol. The van der Waals surface area contributed by atoms with Crippen molar-refractivity contribution in [3.63, 3.8) is 0 Å². The number of hydrogen-bond donors (Lipinski definition) is 1. The Bertz CT molecular complexity index is 846. The Morgan fingerprint density at radius 2 is 1.85 bits per heavy atom. The fourth-order valence-corrected chi connectivity index (χ4v) is 3.17. The van der Waals surface area contributed by atoms with Gasteiger partial charge in [-0.1, -0.05) is 28.1 Å². The topological polar surface area (TPSA) is 108 Å². The predicted octanol–water partition coefficient (Wildman–Crippen LogP) is 2.94. The molecule has 9 heteroatoms. The standard InChI is InChI=1S/C18H19BrN2O6/c1-10-14(17(22)26-3)16(12-5-4-6-13(9-12)21(24)25)15(11(2)20-10)18(23)27-8-7-19/h4-6,9,16,20H,7-8H2,1-3H3. The number of carbonyl (C=O) groups is 2. The number of esters is 2. The first-order valence-electron chi connectivity index (χ1n) is 8.06. The number of nitro benzene ring substituents is 1. The molecule has 2 rings (SSSR count). The number of alkyl halides is 1. The van der Waals surface area contributed by atoms with E-state index < -0.39 is 22.8 Å². The molecule has 0 saturated heterocycles. The van der Waals surface area contributed by atoms with Crippen molar-refractivity contribution in [2.45, 2.75) is 19.8 Å². The second-order valence-electron chi connectivity index (χ2n) is 5.80. The Morgan fingerprint density at radius 3 is 2.41 bits per heavy atom. The minimum absolute atomic E-state index is 0.140. The van der Waals surface area contributed by atoms with Crippen molar-refractivity contribution in [1.29, 1.82) is 0 Å². The zero-order valence-electron chi connectivity index (χ0n) is 15.1. The molecule has 27 heavy (non-hydrogen) atoms. The Kier molecular flexibility index (Phi) is 6.73. The number of halogens is 1. The second-order valence-corrected chi connectivity index (χ2v) is 6.60. The molecule has 0 spiro atoms. The third kappa shape index (κ3) is 4.36. The lowest BCUT2D eigenvalue weighted by atomic mass is 9.80. The van der Waals surface area contributed by atoms with Crippen LogP contribution in [0.2, 0.25) is 0 Å². The third-order valence-corrected chi connectivity index (χ3v) is 4.43. The largest absolute Gasteiger partial charge is 0.466 e. The Hall–Kier alpha value is -2.68. The molecule has 0 aliphatic carbocycles. The van der Waals surface area contributed by atoms with E-state index in [1.54, 1.807) is 19.9 Å². The van der Waals surface area contributed by atoms with Crippen LogP contribution in [0, 0.1) is 10.1 Å². The first-order valence-corrected chi connectivity index (χ1v) is 9.18. The number of nitrogens with one attached hydrogen (secondary N) is 1. The molecule has 1 unspecified atom stereocenters. The minimum Gasteiger partial charge on any atom is -0.466 e. The quantitative estimate of drug-likeness (QED) is 0.314. The molecule has 1 heterocycles. The summed E-state index contributed by atoms with van der Waals surface area (Å²) in [5, 5.41) is 14.6. The Balaban J connectivity index is 2.65. The maximum Gasteiger partial charge on any atom is 0.336 e. The van der Waals surface area contributed by atoms with Crippen LogP contribution in [0.5, 0.6) is 0 Å². The van der Waals surface area contributed by atoms with E-state index in [1.165, 1.54) is 25.3 Å². The van der Waals surface area contributed by atoms with Crippen LogP contribution in [-0.2, 0) is 19.1 Å². The average Bonchev–Trinajstić information content (AvgIpc) is 2.64. The van der Waals surface area contributed by atoms with Gasteiger partial charge in [0.05, 0.1) is 29.1 Å². The molecule has 0 radical (unpaired) electrons. The number of carbonyl (C=O) groups excluding carboxylic acids is 2. The van der Waals surface area contributed by atoms with Gasteiger partial charge >= 0.3 is 11.9 Å². The molecule has 1 aliphatic heterocycles. The summed E-state index contributed by atoms with van der Waals surface area (Å²) in [7, 11) is 1.24. The first-order chi connectivity index (χ1) is 12.8. The van der Waals surface area contributed by atoms with Crippen LogP contribution in [0.25, 0.3) is 0 Å². The van der Waals surface area contributed by atoms with Crippen LogP contribution < -0.4 is 5.32 Å². The summed E-state index contributed by atoms with van der Waals surface area (Å²) in [6, 6.07) is 5.83. The summed E-state index contributed by atoms with van der Waals surface area (Å²) in [4.78, 5) is 35.8. The molecule has 1 atom stereocenters. The number of nitro groups is 1. The van der Waals surface area contributed by atoms with Crippen molar-refractivity contribution in [1.82, 2.24) is 5.32 Å². The number of nitrogens with zero attached hydrogens (tertiary/aromatic N) is 1. The highest BCUT2D eigenvalue weighted by Gasteiger charge is 2.38. The molecule has 8 nitrogen and oxygen atoms in total. The van der Waals surface area contributed by atoms with Gasteiger partial charge in [-0.25, -0.2) is 9.59 Å². The molecule has 0 saturated carbocycles. The summed E-state index contributed by atoms with van der Waals surface area (Å²) in [5.41, 5.74) is 1.72. The Labute approximate surface area is 164 Å². The fraction of sp³-hybridized carbons (Fsp3) is 0.333. The molecular weight excluding hydrogens is 420 g/mol. The molecule has 0 amide bonds. The van der Waals surface area contributed by atoms with Gasteiger partial charge < -0.3 is 14.8 Å². The highest BCUT2D eigenvalue weighted by Crippen LogP contribution is 2.40. The second kappa shape index (κ2) is 8.81. The van der Waals surface area contributed by atoms with Crippen molar-refractivity contribution >= 4 is 33.6 Å². The summed E-state index contributed by atoms with van der Waals surface area (Å²) in [5.74, 6) is -2.08. The maximum absolute atomic E-state index is 12.7. The Morgan fingerprint density at radius 1 is 1.22 bits per heavy atom. The van der Waals surface area contributed by atoms with Gasteiger partial charge in [0.2, 0.25) is 0 Å². The van der Waals surface area contributed by atoms with Gasteiger partial charge in [0.15, 0.2) is 0 Å². The van der Waals surface area contributed by atoms with Crippen LogP contribution in [0.3, 0.4) is 0 Å². The molecule has 1 aromatic carbocycles.